The maximum Gasteiger partial charge on any atom is 0.417 e. The number of nitro groups is 2. The number of nitrogens with zero attached hydrogens (tertiary/aromatic N) is 4. The van der Waals surface area contributed by atoms with Gasteiger partial charge in [0.2, 0.25) is 5.52 Å². The minimum absolute atomic E-state index is 0.215. The summed E-state index contributed by atoms with van der Waals surface area (Å²) in [6, 6.07) is 3.33. The molecular formula is C13H5ClF3N5O5. The maximum atomic E-state index is 13.0. The smallest absolute Gasteiger partial charge is 0.348 e. The highest BCUT2D eigenvalue weighted by atomic mass is 35.5. The zero-order valence-corrected chi connectivity index (χ0v) is 13.4. The molecule has 0 saturated heterocycles. The van der Waals surface area contributed by atoms with E-state index in [1.807, 2.05) is 0 Å². The van der Waals surface area contributed by atoms with Gasteiger partial charge in [0.1, 0.15) is 5.69 Å². The largest absolute Gasteiger partial charge is 0.417 e. The van der Waals surface area contributed by atoms with Gasteiger partial charge in [0.15, 0.2) is 5.52 Å². The van der Waals surface area contributed by atoms with Gasteiger partial charge in [-0.1, -0.05) is 11.6 Å². The Morgan fingerprint density at radius 3 is 2.26 bits per heavy atom. The summed E-state index contributed by atoms with van der Waals surface area (Å²) in [5, 5.41) is 30.9. The number of non-ortho nitro benzene ring substituents is 1. The zero-order chi connectivity index (χ0) is 19.9. The quantitative estimate of drug-likeness (QED) is 0.498. The van der Waals surface area contributed by atoms with Crippen LogP contribution in [-0.2, 0) is 6.18 Å². The summed E-state index contributed by atoms with van der Waals surface area (Å²) in [7, 11) is 0. The second kappa shape index (κ2) is 6.35. The van der Waals surface area contributed by atoms with Crippen molar-refractivity contribution in [3.05, 3.63) is 55.1 Å². The van der Waals surface area contributed by atoms with Crippen molar-refractivity contribution in [1.82, 2.24) is 10.3 Å². The number of anilines is 2. The average Bonchev–Trinajstić information content (AvgIpc) is 3.04. The normalized spacial score (nSPS) is 11.6. The maximum absolute atomic E-state index is 13.0. The SMILES string of the molecule is O=[N+]([O-])c1cc([N+](=O)[O-])c2nonc2c1Nc1ccc(Cl)c(C(F)(F)F)c1. The van der Waals surface area contributed by atoms with E-state index in [1.54, 1.807) is 0 Å². The third-order valence-corrected chi connectivity index (χ3v) is 3.76. The van der Waals surface area contributed by atoms with Crippen LogP contribution >= 0.6 is 11.6 Å². The van der Waals surface area contributed by atoms with Crippen molar-refractivity contribution in [2.75, 3.05) is 5.32 Å². The molecule has 0 aliphatic carbocycles. The zero-order valence-electron chi connectivity index (χ0n) is 12.7. The Balaban J connectivity index is 2.20. The molecule has 3 rings (SSSR count). The second-order valence-corrected chi connectivity index (χ2v) is 5.49. The molecule has 0 atom stereocenters. The highest BCUT2D eigenvalue weighted by Gasteiger charge is 2.34. The molecule has 0 amide bonds. The van der Waals surface area contributed by atoms with E-state index in [9.17, 15) is 33.4 Å². The third kappa shape index (κ3) is 3.31. The van der Waals surface area contributed by atoms with Crippen LogP contribution < -0.4 is 5.32 Å². The number of alkyl halides is 3. The van der Waals surface area contributed by atoms with E-state index in [2.05, 4.69) is 20.3 Å². The topological polar surface area (TPSA) is 137 Å². The van der Waals surface area contributed by atoms with Gasteiger partial charge in [0.25, 0.3) is 0 Å². The summed E-state index contributed by atoms with van der Waals surface area (Å²) in [4.78, 5) is 20.5. The number of aromatic nitrogens is 2. The van der Waals surface area contributed by atoms with Crippen LogP contribution in [0.25, 0.3) is 11.0 Å². The summed E-state index contributed by atoms with van der Waals surface area (Å²) in [5.41, 5.74) is -4.14. The van der Waals surface area contributed by atoms with Crippen LogP contribution in [0.3, 0.4) is 0 Å². The highest BCUT2D eigenvalue weighted by molar-refractivity contribution is 6.31. The van der Waals surface area contributed by atoms with E-state index in [-0.39, 0.29) is 11.2 Å². The van der Waals surface area contributed by atoms with E-state index < -0.39 is 49.2 Å². The molecule has 140 valence electrons. The van der Waals surface area contributed by atoms with Crippen molar-refractivity contribution >= 4 is 45.4 Å². The van der Waals surface area contributed by atoms with Crippen molar-refractivity contribution in [2.24, 2.45) is 0 Å². The van der Waals surface area contributed by atoms with Crippen LogP contribution in [0, 0.1) is 20.2 Å². The summed E-state index contributed by atoms with van der Waals surface area (Å²) in [5.74, 6) is 0. The molecule has 27 heavy (non-hydrogen) atoms. The first kappa shape index (κ1) is 18.3. The molecule has 0 aliphatic rings. The van der Waals surface area contributed by atoms with Gasteiger partial charge in [-0.15, -0.1) is 0 Å². The lowest BCUT2D eigenvalue weighted by Crippen LogP contribution is -2.07. The fraction of sp³-hybridized carbons (Fsp3) is 0.0769. The molecular weight excluding hydrogens is 399 g/mol. The Labute approximate surface area is 150 Å². The number of hydrogen-bond acceptors (Lipinski definition) is 8. The first-order valence-electron chi connectivity index (χ1n) is 6.81. The predicted octanol–water partition coefficient (Wildman–Crippen LogP) is 4.46. The minimum atomic E-state index is -4.76. The van der Waals surface area contributed by atoms with Crippen molar-refractivity contribution in [3.8, 4) is 0 Å². The third-order valence-electron chi connectivity index (χ3n) is 3.43. The number of benzene rings is 2. The minimum Gasteiger partial charge on any atom is -0.348 e. The Bertz CT molecular complexity index is 1080. The molecule has 0 aliphatic heterocycles. The highest BCUT2D eigenvalue weighted by Crippen LogP contribution is 2.41. The molecule has 0 radical (unpaired) electrons. The van der Waals surface area contributed by atoms with Crippen LogP contribution in [0.15, 0.2) is 28.9 Å². The fourth-order valence-corrected chi connectivity index (χ4v) is 2.51. The summed E-state index contributed by atoms with van der Waals surface area (Å²) >= 11 is 5.53. The lowest BCUT2D eigenvalue weighted by molar-refractivity contribution is -0.392. The Hall–Kier alpha value is -3.48. The molecule has 0 saturated carbocycles. The monoisotopic (exact) mass is 403 g/mol. The number of rotatable bonds is 4. The van der Waals surface area contributed by atoms with Crippen molar-refractivity contribution in [1.29, 1.82) is 0 Å². The summed E-state index contributed by atoms with van der Waals surface area (Å²) < 4.78 is 43.4. The van der Waals surface area contributed by atoms with Gasteiger partial charge in [-0.2, -0.15) is 13.2 Å². The average molecular weight is 404 g/mol. The number of halogens is 4. The molecule has 1 N–H and O–H groups in total. The van der Waals surface area contributed by atoms with E-state index in [1.165, 1.54) is 0 Å². The Morgan fingerprint density at radius 1 is 1.04 bits per heavy atom. The Morgan fingerprint density at radius 2 is 1.67 bits per heavy atom. The molecule has 0 unspecified atom stereocenters. The summed E-state index contributed by atoms with van der Waals surface area (Å²) in [6.45, 7) is 0. The molecule has 0 bridgehead atoms. The lowest BCUT2D eigenvalue weighted by atomic mass is 10.1. The van der Waals surface area contributed by atoms with Crippen LogP contribution in [0.5, 0.6) is 0 Å². The van der Waals surface area contributed by atoms with E-state index >= 15 is 0 Å². The fourth-order valence-electron chi connectivity index (χ4n) is 2.28. The molecule has 0 fully saturated rings. The van der Waals surface area contributed by atoms with E-state index in [4.69, 9.17) is 11.6 Å². The molecule has 3 aromatic rings. The van der Waals surface area contributed by atoms with Gasteiger partial charge in [0, 0.05) is 5.69 Å². The lowest BCUT2D eigenvalue weighted by Gasteiger charge is -2.12. The Kier molecular flexibility index (Phi) is 4.31. The van der Waals surface area contributed by atoms with Gasteiger partial charge in [-0.05, 0) is 28.5 Å². The van der Waals surface area contributed by atoms with Crippen molar-refractivity contribution in [2.45, 2.75) is 6.18 Å². The van der Waals surface area contributed by atoms with Crippen LogP contribution in [0.1, 0.15) is 5.56 Å². The van der Waals surface area contributed by atoms with Gasteiger partial charge < -0.3 is 5.32 Å². The van der Waals surface area contributed by atoms with Crippen molar-refractivity contribution < 1.29 is 27.6 Å². The number of fused-ring (bicyclic) bond motifs is 1. The van der Waals surface area contributed by atoms with Gasteiger partial charge in [-0.25, -0.2) is 4.63 Å². The number of nitro benzene ring substituents is 2. The number of hydrogen-bond donors (Lipinski definition) is 1. The van der Waals surface area contributed by atoms with E-state index in [0.717, 1.165) is 12.1 Å². The molecule has 2 aromatic carbocycles. The molecule has 1 heterocycles. The first-order chi connectivity index (χ1) is 12.6. The molecule has 14 heteroatoms. The number of nitrogens with one attached hydrogen (secondary N) is 1. The van der Waals surface area contributed by atoms with Crippen molar-refractivity contribution in [3.63, 3.8) is 0 Å². The van der Waals surface area contributed by atoms with Gasteiger partial charge >= 0.3 is 17.6 Å². The standard InChI is InChI=1S/C13H5ClF3N5O5/c14-7-2-1-5(3-6(7)13(15,16)17)18-10-8(21(23)24)4-9(22(25)26)11-12(10)20-27-19-11/h1-4,18H. The summed E-state index contributed by atoms with van der Waals surface area (Å²) in [6.07, 6.45) is -4.76. The predicted molar refractivity (Wildman–Crippen MR) is 84.8 cm³/mol. The van der Waals surface area contributed by atoms with Crippen LogP contribution in [-0.4, -0.2) is 20.2 Å². The second-order valence-electron chi connectivity index (χ2n) is 5.08. The molecule has 0 spiro atoms. The van der Waals surface area contributed by atoms with Crippen LogP contribution in [0.2, 0.25) is 5.02 Å². The molecule has 1 aromatic heterocycles. The van der Waals surface area contributed by atoms with Gasteiger partial charge in [0.05, 0.1) is 26.5 Å². The van der Waals surface area contributed by atoms with Crippen LogP contribution in [0.4, 0.5) is 35.9 Å². The first-order valence-corrected chi connectivity index (χ1v) is 7.19. The van der Waals surface area contributed by atoms with E-state index in [0.29, 0.717) is 12.1 Å². The molecule has 10 nitrogen and oxygen atoms in total. The van der Waals surface area contributed by atoms with Gasteiger partial charge in [-0.3, -0.25) is 20.2 Å².